The topological polar surface area (TPSA) is 45.2 Å². The Hall–Kier alpha value is -1.89. The van der Waals surface area contributed by atoms with Crippen LogP contribution >= 0.6 is 11.8 Å². The van der Waals surface area contributed by atoms with E-state index in [9.17, 15) is 5.11 Å². The summed E-state index contributed by atoms with van der Waals surface area (Å²) in [6.07, 6.45) is 1.61. The van der Waals surface area contributed by atoms with Crippen LogP contribution in [-0.4, -0.2) is 67.8 Å². The molecule has 156 valence electrons. The van der Waals surface area contributed by atoms with Crippen molar-refractivity contribution >= 4 is 17.4 Å². The molecule has 6 heteroatoms. The lowest BCUT2D eigenvalue weighted by Gasteiger charge is -2.36. The quantitative estimate of drug-likeness (QED) is 0.781. The van der Waals surface area contributed by atoms with E-state index >= 15 is 0 Å². The summed E-state index contributed by atoms with van der Waals surface area (Å²) in [4.78, 5) is 6.06. The number of ether oxygens (including phenoxy) is 2. The molecule has 0 spiro atoms. The van der Waals surface area contributed by atoms with Crippen molar-refractivity contribution in [1.82, 2.24) is 4.90 Å². The molecule has 2 aliphatic heterocycles. The molecule has 2 atom stereocenters. The zero-order valence-electron chi connectivity index (χ0n) is 17.0. The molecule has 2 heterocycles. The van der Waals surface area contributed by atoms with Crippen molar-refractivity contribution in [1.29, 1.82) is 0 Å². The standard InChI is InChI=1S/C23H30N2O3S/c1-27-19-9-10-21-23(16-19)29-22(20(26)17-28-21)8-5-11-24-12-14-25(15-13-24)18-6-3-2-4-7-18/h2-4,6-7,9-10,16,20,22,26H,5,8,11-15,17H2,1H3/t20-,22-/m0/s1. The molecule has 0 unspecified atom stereocenters. The van der Waals surface area contributed by atoms with E-state index in [1.165, 1.54) is 5.69 Å². The molecule has 0 bridgehead atoms. The van der Waals surface area contributed by atoms with E-state index in [0.29, 0.717) is 6.61 Å². The molecule has 2 aliphatic rings. The fraction of sp³-hybridized carbons (Fsp3) is 0.478. The van der Waals surface area contributed by atoms with Crippen molar-refractivity contribution in [3.63, 3.8) is 0 Å². The van der Waals surface area contributed by atoms with Crippen LogP contribution in [0.4, 0.5) is 5.69 Å². The zero-order valence-corrected chi connectivity index (χ0v) is 17.8. The van der Waals surface area contributed by atoms with Gasteiger partial charge >= 0.3 is 0 Å². The van der Waals surface area contributed by atoms with Gasteiger partial charge in [-0.05, 0) is 49.7 Å². The first-order chi connectivity index (χ1) is 14.2. The predicted octanol–water partition coefficient (Wildman–Crippen LogP) is 3.51. The van der Waals surface area contributed by atoms with Crippen LogP contribution in [0.5, 0.6) is 11.5 Å². The van der Waals surface area contributed by atoms with E-state index < -0.39 is 6.10 Å². The number of aliphatic hydroxyl groups excluding tert-OH is 1. The fourth-order valence-corrected chi connectivity index (χ4v) is 5.26. The molecule has 29 heavy (non-hydrogen) atoms. The summed E-state index contributed by atoms with van der Waals surface area (Å²) in [6, 6.07) is 16.5. The first-order valence-electron chi connectivity index (χ1n) is 10.4. The smallest absolute Gasteiger partial charge is 0.133 e. The summed E-state index contributed by atoms with van der Waals surface area (Å²) < 4.78 is 11.1. The molecule has 0 saturated carbocycles. The minimum atomic E-state index is -0.451. The number of fused-ring (bicyclic) bond motifs is 1. The van der Waals surface area contributed by atoms with E-state index in [4.69, 9.17) is 9.47 Å². The molecule has 0 aromatic heterocycles. The molecule has 1 N–H and O–H groups in total. The van der Waals surface area contributed by atoms with Gasteiger partial charge in [-0.1, -0.05) is 18.2 Å². The monoisotopic (exact) mass is 414 g/mol. The molecule has 0 amide bonds. The normalized spacial score (nSPS) is 22.5. The fourth-order valence-electron chi connectivity index (χ4n) is 3.99. The van der Waals surface area contributed by atoms with Gasteiger partial charge in [0.25, 0.3) is 0 Å². The number of benzene rings is 2. The molecule has 5 nitrogen and oxygen atoms in total. The highest BCUT2D eigenvalue weighted by atomic mass is 32.2. The van der Waals surface area contributed by atoms with Crippen molar-refractivity contribution < 1.29 is 14.6 Å². The van der Waals surface area contributed by atoms with Gasteiger partial charge in [-0.3, -0.25) is 4.90 Å². The summed E-state index contributed by atoms with van der Waals surface area (Å²) in [6.45, 7) is 5.78. The van der Waals surface area contributed by atoms with Gasteiger partial charge in [0.1, 0.15) is 24.2 Å². The number of anilines is 1. The maximum atomic E-state index is 10.5. The Kier molecular flexibility index (Phi) is 6.85. The molecule has 1 saturated heterocycles. The Morgan fingerprint density at radius 1 is 1.10 bits per heavy atom. The van der Waals surface area contributed by atoms with Gasteiger partial charge in [0, 0.05) is 37.1 Å². The van der Waals surface area contributed by atoms with E-state index in [1.54, 1.807) is 18.9 Å². The Bertz CT molecular complexity index is 781. The predicted molar refractivity (Wildman–Crippen MR) is 118 cm³/mol. The van der Waals surface area contributed by atoms with Crippen LogP contribution in [0.1, 0.15) is 12.8 Å². The van der Waals surface area contributed by atoms with Crippen LogP contribution in [0.15, 0.2) is 53.4 Å². The molecule has 0 aliphatic carbocycles. The average Bonchev–Trinajstić information content (AvgIpc) is 2.93. The minimum absolute atomic E-state index is 0.147. The van der Waals surface area contributed by atoms with Gasteiger partial charge in [-0.15, -0.1) is 11.8 Å². The lowest BCUT2D eigenvalue weighted by molar-refractivity contribution is 0.103. The second kappa shape index (κ2) is 9.74. The Labute approximate surface area is 177 Å². The number of rotatable bonds is 6. The second-order valence-electron chi connectivity index (χ2n) is 7.65. The number of methoxy groups -OCH3 is 1. The summed E-state index contributed by atoms with van der Waals surface area (Å²) in [7, 11) is 1.67. The Morgan fingerprint density at radius 3 is 2.66 bits per heavy atom. The van der Waals surface area contributed by atoms with Gasteiger partial charge in [-0.2, -0.15) is 0 Å². The van der Waals surface area contributed by atoms with Crippen molar-refractivity contribution in [2.45, 2.75) is 29.1 Å². The summed E-state index contributed by atoms with van der Waals surface area (Å²) in [5, 5.41) is 10.7. The van der Waals surface area contributed by atoms with Crippen LogP contribution in [0.2, 0.25) is 0 Å². The summed E-state index contributed by atoms with van der Waals surface area (Å²) in [5.74, 6) is 1.67. The number of aliphatic hydroxyl groups is 1. The third kappa shape index (κ3) is 5.18. The Balaban J connectivity index is 1.26. The highest BCUT2D eigenvalue weighted by Gasteiger charge is 2.27. The molecule has 2 aromatic rings. The third-order valence-corrected chi connectivity index (χ3v) is 7.15. The van der Waals surface area contributed by atoms with Gasteiger partial charge in [-0.25, -0.2) is 0 Å². The van der Waals surface area contributed by atoms with E-state index in [2.05, 4.69) is 40.1 Å². The number of para-hydroxylation sites is 1. The lowest BCUT2D eigenvalue weighted by atomic mass is 10.1. The molecular formula is C23H30N2O3S. The molecular weight excluding hydrogens is 384 g/mol. The first-order valence-corrected chi connectivity index (χ1v) is 11.3. The van der Waals surface area contributed by atoms with Gasteiger partial charge in [0.15, 0.2) is 0 Å². The SMILES string of the molecule is COc1ccc2c(c1)S[C@@H](CCCN1CCN(c3ccccc3)CC1)[C@@H](O)CO2. The maximum Gasteiger partial charge on any atom is 0.133 e. The Morgan fingerprint density at radius 2 is 1.90 bits per heavy atom. The van der Waals surface area contributed by atoms with E-state index in [-0.39, 0.29) is 5.25 Å². The summed E-state index contributed by atoms with van der Waals surface area (Å²) >= 11 is 1.72. The van der Waals surface area contributed by atoms with Crippen molar-refractivity contribution in [3.8, 4) is 11.5 Å². The zero-order chi connectivity index (χ0) is 20.1. The maximum absolute atomic E-state index is 10.5. The number of hydrogen-bond acceptors (Lipinski definition) is 6. The summed E-state index contributed by atoms with van der Waals surface area (Å²) in [5.41, 5.74) is 1.32. The van der Waals surface area contributed by atoms with E-state index in [1.807, 2.05) is 18.2 Å². The van der Waals surface area contributed by atoms with Crippen LogP contribution in [0, 0.1) is 0 Å². The first kappa shape index (κ1) is 20.4. The van der Waals surface area contributed by atoms with E-state index in [0.717, 1.165) is 62.0 Å². The average molecular weight is 415 g/mol. The van der Waals surface area contributed by atoms with Crippen molar-refractivity contribution in [2.24, 2.45) is 0 Å². The lowest BCUT2D eigenvalue weighted by Crippen LogP contribution is -2.46. The van der Waals surface area contributed by atoms with Gasteiger partial charge < -0.3 is 19.5 Å². The van der Waals surface area contributed by atoms with Crippen molar-refractivity contribution in [3.05, 3.63) is 48.5 Å². The van der Waals surface area contributed by atoms with Crippen LogP contribution in [0.25, 0.3) is 0 Å². The van der Waals surface area contributed by atoms with Crippen LogP contribution in [0.3, 0.4) is 0 Å². The number of thioether (sulfide) groups is 1. The largest absolute Gasteiger partial charge is 0.497 e. The number of piperazine rings is 1. The van der Waals surface area contributed by atoms with Gasteiger partial charge in [0.05, 0.1) is 12.0 Å². The second-order valence-corrected chi connectivity index (χ2v) is 8.93. The molecule has 2 aromatic carbocycles. The highest BCUT2D eigenvalue weighted by Crippen LogP contribution is 2.40. The molecule has 0 radical (unpaired) electrons. The third-order valence-electron chi connectivity index (χ3n) is 5.72. The van der Waals surface area contributed by atoms with Crippen molar-refractivity contribution in [2.75, 3.05) is 51.3 Å². The van der Waals surface area contributed by atoms with Crippen LogP contribution in [-0.2, 0) is 0 Å². The molecule has 1 fully saturated rings. The highest BCUT2D eigenvalue weighted by molar-refractivity contribution is 8.00. The number of nitrogens with zero attached hydrogens (tertiary/aromatic N) is 2. The minimum Gasteiger partial charge on any atom is -0.497 e. The molecule has 4 rings (SSSR count). The number of hydrogen-bond donors (Lipinski definition) is 1. The van der Waals surface area contributed by atoms with Crippen LogP contribution < -0.4 is 14.4 Å². The van der Waals surface area contributed by atoms with Gasteiger partial charge in [0.2, 0.25) is 0 Å².